The summed E-state index contributed by atoms with van der Waals surface area (Å²) in [6.07, 6.45) is -4.54. The van der Waals surface area contributed by atoms with E-state index in [0.717, 1.165) is 35.5 Å². The van der Waals surface area contributed by atoms with Gasteiger partial charge in [0.2, 0.25) is 5.91 Å². The molecule has 0 aliphatic heterocycles. The van der Waals surface area contributed by atoms with Crippen molar-refractivity contribution < 1.29 is 18.0 Å². The first kappa shape index (κ1) is 22.4. The summed E-state index contributed by atoms with van der Waals surface area (Å²) in [4.78, 5) is 12.3. The first-order valence-corrected chi connectivity index (χ1v) is 10.7. The van der Waals surface area contributed by atoms with Crippen LogP contribution in [0.3, 0.4) is 0 Å². The molecule has 1 amide bonds. The minimum absolute atomic E-state index is 0.00740. The Morgan fingerprint density at radius 3 is 2.50 bits per heavy atom. The van der Waals surface area contributed by atoms with E-state index in [1.54, 1.807) is 36.4 Å². The zero-order valence-electron chi connectivity index (χ0n) is 15.9. The topological polar surface area (TPSA) is 72.2 Å². The van der Waals surface area contributed by atoms with Crippen LogP contribution in [0.15, 0.2) is 59.6 Å². The van der Waals surface area contributed by atoms with Crippen LogP contribution in [0.2, 0.25) is 10.0 Å². The number of carbonyl (C=O) groups excluding carboxylic acids is 1. The monoisotopic (exact) mass is 497 g/mol. The minimum atomic E-state index is -4.54. The lowest BCUT2D eigenvalue weighted by Gasteiger charge is -2.11. The van der Waals surface area contributed by atoms with Crippen LogP contribution >= 0.6 is 35.0 Å². The molecule has 4 rings (SSSR count). The molecule has 12 heteroatoms. The van der Waals surface area contributed by atoms with Crippen molar-refractivity contribution in [3.63, 3.8) is 0 Å². The van der Waals surface area contributed by atoms with Gasteiger partial charge in [-0.1, -0.05) is 35.0 Å². The molecule has 0 saturated heterocycles. The van der Waals surface area contributed by atoms with Crippen molar-refractivity contribution >= 4 is 52.2 Å². The van der Waals surface area contributed by atoms with Crippen molar-refractivity contribution in [2.45, 2.75) is 11.2 Å². The largest absolute Gasteiger partial charge is 0.416 e. The van der Waals surface area contributed by atoms with Gasteiger partial charge in [-0.05, 0) is 54.6 Å². The zero-order chi connectivity index (χ0) is 22.9. The molecule has 0 saturated carbocycles. The third-order valence-electron chi connectivity index (χ3n) is 4.26. The lowest BCUT2D eigenvalue weighted by Crippen LogP contribution is -2.15. The number of hydrogen-bond acceptors (Lipinski definition) is 5. The summed E-state index contributed by atoms with van der Waals surface area (Å²) >= 11 is 12.9. The molecule has 0 fully saturated rings. The molecule has 0 spiro atoms. The number of amides is 1. The number of aromatic nitrogens is 4. The second-order valence-electron chi connectivity index (χ2n) is 6.50. The Hall–Kier alpha value is -2.82. The van der Waals surface area contributed by atoms with E-state index in [0.29, 0.717) is 21.5 Å². The molecular weight excluding hydrogens is 486 g/mol. The molecule has 0 aliphatic carbocycles. The number of carbonyl (C=O) groups is 1. The van der Waals surface area contributed by atoms with Crippen LogP contribution in [-0.4, -0.2) is 31.5 Å². The number of nitrogens with zero attached hydrogens (tertiary/aromatic N) is 4. The van der Waals surface area contributed by atoms with E-state index in [4.69, 9.17) is 23.2 Å². The number of fused-ring (bicyclic) bond motifs is 1. The minimum Gasteiger partial charge on any atom is -0.324 e. The lowest BCUT2D eigenvalue weighted by atomic mass is 10.2. The average Bonchev–Trinajstić information content (AvgIpc) is 3.17. The predicted octanol–water partition coefficient (Wildman–Crippen LogP) is 5.85. The van der Waals surface area contributed by atoms with Gasteiger partial charge in [0.05, 0.1) is 22.0 Å². The Morgan fingerprint density at radius 1 is 1.03 bits per heavy atom. The molecule has 4 aromatic rings. The fourth-order valence-electron chi connectivity index (χ4n) is 2.75. The molecule has 32 heavy (non-hydrogen) atoms. The van der Waals surface area contributed by atoms with Gasteiger partial charge in [0.15, 0.2) is 11.5 Å². The van der Waals surface area contributed by atoms with Crippen LogP contribution in [0, 0.1) is 0 Å². The maximum absolute atomic E-state index is 12.9. The van der Waals surface area contributed by atoms with E-state index in [1.165, 1.54) is 4.52 Å². The Morgan fingerprint density at radius 2 is 1.78 bits per heavy atom. The Balaban J connectivity index is 1.48. The van der Waals surface area contributed by atoms with Gasteiger partial charge in [0, 0.05) is 10.6 Å². The molecule has 6 nitrogen and oxygen atoms in total. The summed E-state index contributed by atoms with van der Waals surface area (Å²) in [6, 6.07) is 13.1. The van der Waals surface area contributed by atoms with Crippen molar-refractivity contribution in [3.05, 3.63) is 70.2 Å². The molecule has 2 heterocycles. The number of benzene rings is 2. The first-order valence-electron chi connectivity index (χ1n) is 8.98. The van der Waals surface area contributed by atoms with E-state index >= 15 is 0 Å². The fourth-order valence-corrected chi connectivity index (χ4v) is 3.70. The molecule has 0 bridgehead atoms. The summed E-state index contributed by atoms with van der Waals surface area (Å²) in [5.41, 5.74) is 0.256. The highest BCUT2D eigenvalue weighted by atomic mass is 35.5. The average molecular weight is 498 g/mol. The molecule has 0 atom stereocenters. The highest BCUT2D eigenvalue weighted by Gasteiger charge is 2.31. The number of thioether (sulfide) groups is 1. The third-order valence-corrected chi connectivity index (χ3v) is 5.76. The van der Waals surface area contributed by atoms with Crippen molar-refractivity contribution in [3.8, 4) is 11.4 Å². The predicted molar refractivity (Wildman–Crippen MR) is 117 cm³/mol. The van der Waals surface area contributed by atoms with Crippen molar-refractivity contribution in [1.29, 1.82) is 0 Å². The summed E-state index contributed by atoms with van der Waals surface area (Å²) in [5, 5.41) is 16.1. The highest BCUT2D eigenvalue weighted by Crippen LogP contribution is 2.34. The molecule has 0 radical (unpaired) electrons. The number of nitrogens with one attached hydrogen (secondary N) is 1. The SMILES string of the molecule is O=C(CSc1ccc2nnc(-c3ccc(Cl)cc3)n2n1)Nc1cc(C(F)(F)F)ccc1Cl. The summed E-state index contributed by atoms with van der Waals surface area (Å²) in [7, 11) is 0. The van der Waals surface area contributed by atoms with Crippen molar-refractivity contribution in [1.82, 2.24) is 19.8 Å². The van der Waals surface area contributed by atoms with Gasteiger partial charge < -0.3 is 5.32 Å². The van der Waals surface area contributed by atoms with E-state index < -0.39 is 17.6 Å². The van der Waals surface area contributed by atoms with Crippen LogP contribution < -0.4 is 5.32 Å². The van der Waals surface area contributed by atoms with Crippen LogP contribution in [0.25, 0.3) is 17.0 Å². The Bertz CT molecular complexity index is 1290. The zero-order valence-corrected chi connectivity index (χ0v) is 18.2. The molecule has 1 N–H and O–H groups in total. The van der Waals surface area contributed by atoms with Crippen LogP contribution in [-0.2, 0) is 11.0 Å². The van der Waals surface area contributed by atoms with E-state index in [9.17, 15) is 18.0 Å². The number of hydrogen-bond donors (Lipinski definition) is 1. The summed E-state index contributed by atoms with van der Waals surface area (Å²) in [5.74, 6) is -0.122. The smallest absolute Gasteiger partial charge is 0.324 e. The molecule has 2 aromatic carbocycles. The standard InChI is InChI=1S/C20H12Cl2F3N5OS/c21-13-4-1-11(2-5-13)19-28-27-16-7-8-18(29-30(16)19)32-10-17(31)26-15-9-12(20(23,24)25)3-6-14(15)22/h1-9H,10H2,(H,26,31). The van der Waals surface area contributed by atoms with Gasteiger partial charge >= 0.3 is 6.18 Å². The van der Waals surface area contributed by atoms with Gasteiger partial charge in [-0.3, -0.25) is 4.79 Å². The molecule has 2 aromatic heterocycles. The molecule has 164 valence electrons. The quantitative estimate of drug-likeness (QED) is 0.350. The molecular formula is C20H12Cl2F3N5OS. The van der Waals surface area contributed by atoms with E-state index in [1.807, 2.05) is 0 Å². The number of rotatable bonds is 5. The van der Waals surface area contributed by atoms with Gasteiger partial charge in [-0.2, -0.15) is 22.8 Å². The highest BCUT2D eigenvalue weighted by molar-refractivity contribution is 7.99. The number of alkyl halides is 3. The van der Waals surface area contributed by atoms with Crippen molar-refractivity contribution in [2.75, 3.05) is 11.1 Å². The molecule has 0 unspecified atom stereocenters. The van der Waals surface area contributed by atoms with Crippen LogP contribution in [0.1, 0.15) is 5.56 Å². The van der Waals surface area contributed by atoms with Gasteiger partial charge in [-0.25, -0.2) is 0 Å². The van der Waals surface area contributed by atoms with Crippen LogP contribution in [0.5, 0.6) is 0 Å². The van der Waals surface area contributed by atoms with Gasteiger partial charge in [0.1, 0.15) is 5.03 Å². The second kappa shape index (κ2) is 8.97. The number of halogens is 5. The van der Waals surface area contributed by atoms with E-state index in [-0.39, 0.29) is 16.5 Å². The summed E-state index contributed by atoms with van der Waals surface area (Å²) in [6.45, 7) is 0. The normalized spacial score (nSPS) is 11.7. The fraction of sp³-hybridized carbons (Fsp3) is 0.100. The Kier molecular flexibility index (Phi) is 6.27. The first-order chi connectivity index (χ1) is 15.2. The van der Waals surface area contributed by atoms with Gasteiger partial charge in [0.25, 0.3) is 0 Å². The maximum atomic E-state index is 12.9. The third kappa shape index (κ3) is 4.98. The second-order valence-corrected chi connectivity index (χ2v) is 8.34. The number of anilines is 1. The van der Waals surface area contributed by atoms with Crippen LogP contribution in [0.4, 0.5) is 18.9 Å². The Labute approximate surface area is 193 Å². The van der Waals surface area contributed by atoms with Crippen molar-refractivity contribution in [2.24, 2.45) is 0 Å². The lowest BCUT2D eigenvalue weighted by molar-refractivity contribution is -0.137. The maximum Gasteiger partial charge on any atom is 0.416 e. The molecule has 0 aliphatic rings. The van der Waals surface area contributed by atoms with E-state index in [2.05, 4.69) is 20.6 Å². The summed E-state index contributed by atoms with van der Waals surface area (Å²) < 4.78 is 40.2. The van der Waals surface area contributed by atoms with Gasteiger partial charge in [-0.15, -0.1) is 10.2 Å².